The largest absolute Gasteiger partial charge is 0.369 e. The molecule has 1 unspecified atom stereocenters. The third-order valence-electron chi connectivity index (χ3n) is 1.22. The summed E-state index contributed by atoms with van der Waals surface area (Å²) in [6.07, 6.45) is -1.70. The molecule has 0 fully saturated rings. The zero-order valence-corrected chi connectivity index (χ0v) is 11.2. The van der Waals surface area contributed by atoms with Crippen LogP contribution in [0.1, 0.15) is 0 Å². The summed E-state index contributed by atoms with van der Waals surface area (Å²) in [7, 11) is 1.14. The molecular weight excluding hydrogens is 319 g/mol. The zero-order chi connectivity index (χ0) is 11.7. The number of hydrogen-bond donors (Lipinski definition) is 1. The second kappa shape index (κ2) is 5.00. The van der Waals surface area contributed by atoms with E-state index in [0.29, 0.717) is 4.90 Å². The quantitative estimate of drug-likeness (QED) is 0.595. The summed E-state index contributed by atoms with van der Waals surface area (Å²) in [5.74, 6) is -0.999. The van der Waals surface area contributed by atoms with Gasteiger partial charge in [-0.2, -0.15) is 0 Å². The van der Waals surface area contributed by atoms with E-state index in [9.17, 15) is 9.90 Å². The molecule has 0 spiro atoms. The van der Waals surface area contributed by atoms with E-state index in [1.54, 1.807) is 0 Å². The molecule has 1 N–H and O–H groups in total. The van der Waals surface area contributed by atoms with Crippen molar-refractivity contribution < 1.29 is 9.90 Å². The second-order valence-corrected chi connectivity index (χ2v) is 6.98. The molecule has 84 valence electrons. The molecule has 0 aliphatic rings. The molecule has 0 saturated carbocycles. The highest BCUT2D eigenvalue weighted by Gasteiger charge is 2.42. The van der Waals surface area contributed by atoms with Gasteiger partial charge in [0.15, 0.2) is 6.23 Å². The number of aliphatic hydroxyl groups is 1. The molecule has 0 aromatic heterocycles. The SMILES string of the molecule is CN(C(=O)C(Cl)(Cl)Cl)C(O)C(Cl)(Cl)Cl. The molecular formula is C5H5Cl6NO2. The molecule has 0 heterocycles. The van der Waals surface area contributed by atoms with E-state index in [1.807, 2.05) is 0 Å². The van der Waals surface area contributed by atoms with E-state index < -0.39 is 19.7 Å². The number of aliphatic hydroxyl groups excluding tert-OH is 1. The maximum atomic E-state index is 11.2. The van der Waals surface area contributed by atoms with Gasteiger partial charge < -0.3 is 10.0 Å². The Hall–Kier alpha value is 1.17. The van der Waals surface area contributed by atoms with Gasteiger partial charge >= 0.3 is 0 Å². The van der Waals surface area contributed by atoms with Crippen LogP contribution in [0.2, 0.25) is 0 Å². The van der Waals surface area contributed by atoms with E-state index in [1.165, 1.54) is 0 Å². The summed E-state index contributed by atoms with van der Waals surface area (Å²) in [5, 5.41) is 9.32. The molecule has 0 aliphatic carbocycles. The van der Waals surface area contributed by atoms with Crippen molar-refractivity contribution in [3.05, 3.63) is 0 Å². The minimum absolute atomic E-state index is 0.625. The molecule has 0 aromatic rings. The molecule has 3 nitrogen and oxygen atoms in total. The van der Waals surface area contributed by atoms with Crippen molar-refractivity contribution in [2.45, 2.75) is 13.8 Å². The lowest BCUT2D eigenvalue weighted by Gasteiger charge is -2.30. The predicted octanol–water partition coefficient (Wildman–Crippen LogP) is 2.50. The Labute approximate surface area is 111 Å². The van der Waals surface area contributed by atoms with E-state index in [2.05, 4.69) is 0 Å². The van der Waals surface area contributed by atoms with Gasteiger partial charge in [0.25, 0.3) is 9.70 Å². The summed E-state index contributed by atoms with van der Waals surface area (Å²) >= 11 is 31.8. The predicted molar refractivity (Wildman–Crippen MR) is 59.4 cm³/mol. The van der Waals surface area contributed by atoms with Crippen LogP contribution in [0.3, 0.4) is 0 Å². The van der Waals surface area contributed by atoms with Crippen LogP contribution in [0, 0.1) is 0 Å². The second-order valence-electron chi connectivity index (χ2n) is 2.33. The monoisotopic (exact) mass is 321 g/mol. The molecule has 0 saturated heterocycles. The molecule has 1 amide bonds. The maximum absolute atomic E-state index is 11.2. The van der Waals surface area contributed by atoms with Crippen molar-refractivity contribution in [2.75, 3.05) is 7.05 Å². The minimum atomic E-state index is -2.20. The molecule has 9 heteroatoms. The van der Waals surface area contributed by atoms with Crippen LogP contribution in [0.15, 0.2) is 0 Å². The summed E-state index contributed by atoms with van der Waals surface area (Å²) in [6.45, 7) is 0. The first-order valence-corrected chi connectivity index (χ1v) is 5.33. The molecule has 0 bridgehead atoms. The third-order valence-corrected chi connectivity index (χ3v) is 2.29. The lowest BCUT2D eigenvalue weighted by atomic mass is 10.5. The fraction of sp³-hybridized carbons (Fsp3) is 0.800. The average Bonchev–Trinajstić information content (AvgIpc) is 1.97. The summed E-state index contributed by atoms with van der Waals surface area (Å²) in [6, 6.07) is 0. The van der Waals surface area contributed by atoms with Crippen molar-refractivity contribution in [2.24, 2.45) is 0 Å². The fourth-order valence-corrected chi connectivity index (χ4v) is 1.37. The summed E-state index contributed by atoms with van der Waals surface area (Å²) < 4.78 is -4.27. The number of nitrogens with zero attached hydrogens (tertiary/aromatic N) is 1. The van der Waals surface area contributed by atoms with Crippen LogP contribution in [0.25, 0.3) is 0 Å². The van der Waals surface area contributed by atoms with Crippen molar-refractivity contribution in [3.63, 3.8) is 0 Å². The summed E-state index contributed by atoms with van der Waals surface area (Å²) in [5.41, 5.74) is 0. The van der Waals surface area contributed by atoms with Crippen LogP contribution in [-0.4, -0.2) is 36.8 Å². The highest BCUT2D eigenvalue weighted by atomic mass is 35.6. The third kappa shape index (κ3) is 4.35. The van der Waals surface area contributed by atoms with Crippen molar-refractivity contribution in [3.8, 4) is 0 Å². The number of hydrogen-bond acceptors (Lipinski definition) is 2. The maximum Gasteiger partial charge on any atom is 0.276 e. The molecule has 1 atom stereocenters. The van der Waals surface area contributed by atoms with E-state index in [4.69, 9.17) is 69.6 Å². The molecule has 0 rings (SSSR count). The van der Waals surface area contributed by atoms with Crippen LogP contribution in [0.4, 0.5) is 0 Å². The first kappa shape index (κ1) is 15.2. The Morgan fingerprint density at radius 1 is 1.21 bits per heavy atom. The standard InChI is InChI=1S/C5H5Cl6NO2/c1-12(2(13)4(6,7)8)3(14)5(9,10)11/h2,13H,1H3. The zero-order valence-electron chi connectivity index (χ0n) is 6.65. The lowest BCUT2D eigenvalue weighted by Crippen LogP contribution is -2.49. The van der Waals surface area contributed by atoms with Crippen molar-refractivity contribution >= 4 is 75.5 Å². The van der Waals surface area contributed by atoms with Gasteiger partial charge in [-0.15, -0.1) is 0 Å². The van der Waals surface area contributed by atoms with Gasteiger partial charge in [-0.3, -0.25) is 4.79 Å². The smallest absolute Gasteiger partial charge is 0.276 e. The topological polar surface area (TPSA) is 40.5 Å². The van der Waals surface area contributed by atoms with Crippen molar-refractivity contribution in [1.82, 2.24) is 4.90 Å². The molecule has 0 radical (unpaired) electrons. The average molecular weight is 324 g/mol. The van der Waals surface area contributed by atoms with Crippen LogP contribution < -0.4 is 0 Å². The van der Waals surface area contributed by atoms with Gasteiger partial charge in [0.2, 0.25) is 3.79 Å². The van der Waals surface area contributed by atoms with E-state index in [-0.39, 0.29) is 0 Å². The van der Waals surface area contributed by atoms with Gasteiger partial charge in [-0.25, -0.2) is 0 Å². The first-order chi connectivity index (χ1) is 5.98. The lowest BCUT2D eigenvalue weighted by molar-refractivity contribution is -0.137. The van der Waals surface area contributed by atoms with Gasteiger partial charge in [0.1, 0.15) is 0 Å². The number of alkyl halides is 6. The highest BCUT2D eigenvalue weighted by molar-refractivity contribution is 6.76. The number of carbonyl (C=O) groups excluding carboxylic acids is 1. The highest BCUT2D eigenvalue weighted by Crippen LogP contribution is 2.35. The molecule has 0 aromatic carbocycles. The van der Waals surface area contributed by atoms with Gasteiger partial charge in [-0.1, -0.05) is 69.6 Å². The van der Waals surface area contributed by atoms with Crippen LogP contribution in [0.5, 0.6) is 0 Å². The fourth-order valence-electron chi connectivity index (χ4n) is 0.531. The minimum Gasteiger partial charge on any atom is -0.369 e. The van der Waals surface area contributed by atoms with Gasteiger partial charge in [0.05, 0.1) is 0 Å². The van der Waals surface area contributed by atoms with Crippen LogP contribution >= 0.6 is 69.6 Å². The summed E-state index contributed by atoms with van der Waals surface area (Å²) in [4.78, 5) is 11.9. The number of amides is 1. The van der Waals surface area contributed by atoms with Crippen molar-refractivity contribution in [1.29, 1.82) is 0 Å². The van der Waals surface area contributed by atoms with Gasteiger partial charge in [-0.05, 0) is 0 Å². The Bertz CT molecular complexity index is 221. The molecule has 14 heavy (non-hydrogen) atoms. The number of carbonyl (C=O) groups is 1. The normalized spacial score (nSPS) is 15.1. The van der Waals surface area contributed by atoms with Gasteiger partial charge in [0, 0.05) is 7.05 Å². The molecule has 0 aliphatic heterocycles. The van der Waals surface area contributed by atoms with E-state index in [0.717, 1.165) is 7.05 Å². The Kier molecular flexibility index (Phi) is 5.42. The Balaban J connectivity index is 4.65. The van der Waals surface area contributed by atoms with Crippen LogP contribution in [-0.2, 0) is 4.79 Å². The van der Waals surface area contributed by atoms with E-state index >= 15 is 0 Å². The Morgan fingerprint density at radius 3 is 1.79 bits per heavy atom. The first-order valence-electron chi connectivity index (χ1n) is 3.06. The Morgan fingerprint density at radius 2 is 1.57 bits per heavy atom. The number of halogens is 6. The number of rotatable bonds is 1.